The van der Waals surface area contributed by atoms with Crippen LogP contribution in [-0.4, -0.2) is 10.5 Å². The highest BCUT2D eigenvalue weighted by atomic mass is 35.5. The maximum atomic E-state index is 14.0. The standard InChI is InChI=1S/C16H12ClFN2OS/c1-2-20-14-12(18)4-3-5-13(14)22-16(20)19-15(21)10-6-8-11(17)9-7-10/h3-9H,2H2,1H3. The number of benzene rings is 2. The Labute approximate surface area is 135 Å². The molecule has 6 heteroatoms. The van der Waals surface area contributed by atoms with E-state index < -0.39 is 0 Å². The van der Waals surface area contributed by atoms with Crippen molar-refractivity contribution in [2.75, 3.05) is 0 Å². The van der Waals surface area contributed by atoms with Gasteiger partial charge in [-0.25, -0.2) is 4.39 Å². The summed E-state index contributed by atoms with van der Waals surface area (Å²) >= 11 is 7.11. The van der Waals surface area contributed by atoms with Gasteiger partial charge in [-0.05, 0) is 43.3 Å². The molecule has 1 aromatic heterocycles. The Balaban J connectivity index is 2.15. The van der Waals surface area contributed by atoms with Crippen LogP contribution in [0, 0.1) is 5.82 Å². The van der Waals surface area contributed by atoms with E-state index in [1.165, 1.54) is 17.4 Å². The first-order chi connectivity index (χ1) is 10.6. The molecule has 0 N–H and O–H groups in total. The number of carbonyl (C=O) groups excluding carboxylic acids is 1. The molecule has 0 aliphatic carbocycles. The molecule has 0 spiro atoms. The smallest absolute Gasteiger partial charge is 0.279 e. The van der Waals surface area contributed by atoms with Gasteiger partial charge in [0.1, 0.15) is 5.82 Å². The Bertz CT molecular complexity index is 912. The second-order valence-electron chi connectivity index (χ2n) is 4.64. The van der Waals surface area contributed by atoms with Crippen molar-refractivity contribution in [1.82, 2.24) is 4.57 Å². The van der Waals surface area contributed by atoms with Crippen molar-refractivity contribution >= 4 is 39.1 Å². The van der Waals surface area contributed by atoms with E-state index in [2.05, 4.69) is 4.99 Å². The maximum Gasteiger partial charge on any atom is 0.279 e. The third kappa shape index (κ3) is 2.69. The maximum absolute atomic E-state index is 14.0. The molecule has 0 fully saturated rings. The quantitative estimate of drug-likeness (QED) is 0.689. The molecule has 3 nitrogen and oxygen atoms in total. The Morgan fingerprint density at radius 2 is 2.00 bits per heavy atom. The zero-order chi connectivity index (χ0) is 15.7. The number of amides is 1. The average molecular weight is 335 g/mol. The van der Waals surface area contributed by atoms with Crippen LogP contribution in [0.5, 0.6) is 0 Å². The van der Waals surface area contributed by atoms with E-state index in [9.17, 15) is 9.18 Å². The molecule has 0 atom stereocenters. The highest BCUT2D eigenvalue weighted by molar-refractivity contribution is 7.16. The minimum absolute atomic E-state index is 0.309. The summed E-state index contributed by atoms with van der Waals surface area (Å²) in [7, 11) is 0. The molecule has 0 unspecified atom stereocenters. The lowest BCUT2D eigenvalue weighted by molar-refractivity contribution is 0.0998. The first kappa shape index (κ1) is 14.9. The fourth-order valence-corrected chi connectivity index (χ4v) is 3.44. The van der Waals surface area contributed by atoms with Gasteiger partial charge in [0.2, 0.25) is 0 Å². The third-order valence-electron chi connectivity index (χ3n) is 3.26. The fraction of sp³-hybridized carbons (Fsp3) is 0.125. The van der Waals surface area contributed by atoms with Crippen molar-refractivity contribution in [3.63, 3.8) is 0 Å². The monoisotopic (exact) mass is 334 g/mol. The van der Waals surface area contributed by atoms with E-state index in [1.54, 1.807) is 34.9 Å². The molecule has 0 saturated carbocycles. The van der Waals surface area contributed by atoms with Gasteiger partial charge in [-0.1, -0.05) is 29.0 Å². The second-order valence-corrected chi connectivity index (χ2v) is 6.08. The predicted octanol–water partition coefficient (Wildman–Crippen LogP) is 4.26. The number of hydrogen-bond acceptors (Lipinski definition) is 2. The number of nitrogens with zero attached hydrogens (tertiary/aromatic N) is 2. The van der Waals surface area contributed by atoms with Gasteiger partial charge in [-0.3, -0.25) is 4.79 Å². The number of hydrogen-bond donors (Lipinski definition) is 0. The molecule has 0 saturated heterocycles. The van der Waals surface area contributed by atoms with Crippen LogP contribution in [0.4, 0.5) is 4.39 Å². The van der Waals surface area contributed by atoms with Gasteiger partial charge in [0.05, 0.1) is 10.2 Å². The van der Waals surface area contributed by atoms with Crippen LogP contribution in [0.2, 0.25) is 5.02 Å². The summed E-state index contributed by atoms with van der Waals surface area (Å²) in [6.07, 6.45) is 0. The minimum atomic E-state index is -0.370. The number of aromatic nitrogens is 1. The molecule has 2 aromatic carbocycles. The summed E-state index contributed by atoms with van der Waals surface area (Å²) in [5.41, 5.74) is 0.933. The average Bonchev–Trinajstić information content (AvgIpc) is 2.86. The third-order valence-corrected chi connectivity index (χ3v) is 4.55. The second kappa shape index (κ2) is 6.02. The number of rotatable bonds is 2. The largest absolute Gasteiger partial charge is 0.314 e. The van der Waals surface area contributed by atoms with Crippen molar-refractivity contribution in [2.24, 2.45) is 4.99 Å². The molecule has 0 aliphatic rings. The summed E-state index contributed by atoms with van der Waals surface area (Å²) < 4.78 is 16.5. The van der Waals surface area contributed by atoms with Gasteiger partial charge in [0.15, 0.2) is 4.80 Å². The topological polar surface area (TPSA) is 34.4 Å². The first-order valence-electron chi connectivity index (χ1n) is 6.72. The first-order valence-corrected chi connectivity index (χ1v) is 7.92. The van der Waals surface area contributed by atoms with Gasteiger partial charge in [-0.2, -0.15) is 4.99 Å². The van der Waals surface area contributed by atoms with Crippen molar-refractivity contribution in [2.45, 2.75) is 13.5 Å². The molecule has 112 valence electrons. The van der Waals surface area contributed by atoms with E-state index in [0.29, 0.717) is 27.4 Å². The Morgan fingerprint density at radius 1 is 1.27 bits per heavy atom. The predicted molar refractivity (Wildman–Crippen MR) is 86.8 cm³/mol. The Kier molecular flexibility index (Phi) is 4.09. The zero-order valence-corrected chi connectivity index (χ0v) is 13.3. The molecule has 1 amide bonds. The Morgan fingerprint density at radius 3 is 2.68 bits per heavy atom. The molecule has 22 heavy (non-hydrogen) atoms. The number of aryl methyl sites for hydroxylation is 1. The minimum Gasteiger partial charge on any atom is -0.314 e. The van der Waals surface area contributed by atoms with Crippen LogP contribution in [0.1, 0.15) is 17.3 Å². The van der Waals surface area contributed by atoms with Crippen molar-refractivity contribution < 1.29 is 9.18 Å². The van der Waals surface area contributed by atoms with Gasteiger partial charge < -0.3 is 4.57 Å². The summed E-state index contributed by atoms with van der Waals surface area (Å²) in [5.74, 6) is -0.679. The normalized spacial score (nSPS) is 12.0. The highest BCUT2D eigenvalue weighted by Crippen LogP contribution is 2.20. The van der Waals surface area contributed by atoms with E-state index >= 15 is 0 Å². The number of carbonyl (C=O) groups is 1. The zero-order valence-electron chi connectivity index (χ0n) is 11.7. The molecular weight excluding hydrogens is 323 g/mol. The van der Waals surface area contributed by atoms with Crippen LogP contribution >= 0.6 is 22.9 Å². The lowest BCUT2D eigenvalue weighted by Gasteiger charge is -2.01. The van der Waals surface area contributed by atoms with Gasteiger partial charge in [-0.15, -0.1) is 0 Å². The lowest BCUT2D eigenvalue weighted by Crippen LogP contribution is -2.16. The molecule has 3 aromatic rings. The van der Waals surface area contributed by atoms with E-state index in [-0.39, 0.29) is 11.7 Å². The van der Waals surface area contributed by atoms with E-state index in [1.807, 2.05) is 13.0 Å². The number of halogens is 2. The van der Waals surface area contributed by atoms with Crippen molar-refractivity contribution in [1.29, 1.82) is 0 Å². The van der Waals surface area contributed by atoms with Crippen LogP contribution < -0.4 is 4.80 Å². The summed E-state index contributed by atoms with van der Waals surface area (Å²) in [4.78, 5) is 16.9. The van der Waals surface area contributed by atoms with Crippen molar-refractivity contribution in [3.8, 4) is 0 Å². The van der Waals surface area contributed by atoms with Gasteiger partial charge in [0, 0.05) is 17.1 Å². The van der Waals surface area contributed by atoms with Crippen molar-refractivity contribution in [3.05, 3.63) is 63.7 Å². The molecule has 1 heterocycles. The molecule has 0 aliphatic heterocycles. The lowest BCUT2D eigenvalue weighted by atomic mass is 10.2. The highest BCUT2D eigenvalue weighted by Gasteiger charge is 2.11. The summed E-state index contributed by atoms with van der Waals surface area (Å²) in [6, 6.07) is 11.4. The summed E-state index contributed by atoms with van der Waals surface area (Å²) in [5, 5.41) is 0.559. The Hall–Kier alpha value is -1.98. The molecular formula is C16H12ClFN2OS. The van der Waals surface area contributed by atoms with Crippen LogP contribution in [-0.2, 0) is 6.54 Å². The van der Waals surface area contributed by atoms with Gasteiger partial charge >= 0.3 is 0 Å². The van der Waals surface area contributed by atoms with Crippen LogP contribution in [0.3, 0.4) is 0 Å². The number of para-hydroxylation sites is 1. The number of thiazole rings is 1. The molecule has 0 radical (unpaired) electrons. The SMILES string of the molecule is CCn1c(=NC(=O)c2ccc(Cl)cc2)sc2cccc(F)c21. The molecule has 0 bridgehead atoms. The van der Waals surface area contributed by atoms with E-state index in [0.717, 1.165) is 4.70 Å². The fourth-order valence-electron chi connectivity index (χ4n) is 2.21. The molecule has 3 rings (SSSR count). The van der Waals surface area contributed by atoms with Crippen LogP contribution in [0.25, 0.3) is 10.2 Å². The summed E-state index contributed by atoms with van der Waals surface area (Å²) in [6.45, 7) is 2.43. The van der Waals surface area contributed by atoms with Gasteiger partial charge in [0.25, 0.3) is 5.91 Å². The van der Waals surface area contributed by atoms with E-state index in [4.69, 9.17) is 11.6 Å². The van der Waals surface area contributed by atoms with Crippen LogP contribution in [0.15, 0.2) is 47.5 Å². The number of fused-ring (bicyclic) bond motifs is 1.